The molecule has 3 N–H and O–H groups in total. The summed E-state index contributed by atoms with van der Waals surface area (Å²) in [6, 6.07) is 19.2. The minimum atomic E-state index is -1.14. The van der Waals surface area contributed by atoms with E-state index in [9.17, 15) is 18.8 Å². The van der Waals surface area contributed by atoms with E-state index in [4.69, 9.17) is 9.84 Å². The molecule has 0 aliphatic carbocycles. The minimum absolute atomic E-state index is 0.000329. The van der Waals surface area contributed by atoms with Gasteiger partial charge in [0.15, 0.2) is 0 Å². The van der Waals surface area contributed by atoms with Gasteiger partial charge in [0.1, 0.15) is 18.5 Å². The highest BCUT2D eigenvalue weighted by atomic mass is 79.9. The highest BCUT2D eigenvalue weighted by Crippen LogP contribution is 2.24. The number of urea groups is 1. The number of anilines is 2. The van der Waals surface area contributed by atoms with Crippen LogP contribution >= 0.6 is 15.9 Å². The molecule has 3 aromatic carbocycles. The van der Waals surface area contributed by atoms with Gasteiger partial charge < -0.3 is 25.4 Å². The van der Waals surface area contributed by atoms with Crippen molar-refractivity contribution in [2.45, 2.75) is 25.1 Å². The van der Waals surface area contributed by atoms with E-state index in [1.165, 1.54) is 29.2 Å². The van der Waals surface area contributed by atoms with Gasteiger partial charge in [-0.15, -0.1) is 0 Å². The van der Waals surface area contributed by atoms with Crippen LogP contribution in [-0.2, 0) is 11.2 Å². The molecule has 1 saturated heterocycles. The number of halogens is 2. The van der Waals surface area contributed by atoms with Crippen LogP contribution < -0.4 is 15.4 Å². The lowest BCUT2D eigenvalue weighted by molar-refractivity contribution is -0.132. The Morgan fingerprint density at radius 2 is 1.70 bits per heavy atom. The van der Waals surface area contributed by atoms with Crippen molar-refractivity contribution in [2.24, 2.45) is 0 Å². The molecule has 3 aromatic rings. The third-order valence-electron chi connectivity index (χ3n) is 5.92. The number of nitrogens with zero attached hydrogens (tertiary/aromatic N) is 1. The summed E-state index contributed by atoms with van der Waals surface area (Å²) in [5.41, 5.74) is 2.06. The lowest BCUT2D eigenvalue weighted by Crippen LogP contribution is -2.40. The standard InChI is InChI=1S/C27H25BrFN3O5/c28-23-3-1-2-4-24(23)31-27(36)30-20-9-5-17(6-10-20)13-25(33)32-15-19(29)14-21(32)16-37-22-11-7-18(8-12-22)26(34)35/h1-12,19,21H,13-16H2,(H,34,35)(H2,30,31,36). The van der Waals surface area contributed by atoms with Gasteiger partial charge in [0.25, 0.3) is 0 Å². The van der Waals surface area contributed by atoms with Gasteiger partial charge in [0.2, 0.25) is 5.91 Å². The number of carbonyl (C=O) groups is 3. The van der Waals surface area contributed by atoms with E-state index < -0.39 is 24.2 Å². The second-order valence-corrected chi connectivity index (χ2v) is 9.46. The smallest absolute Gasteiger partial charge is 0.335 e. The molecule has 1 heterocycles. The molecule has 3 amide bonds. The molecule has 1 aliphatic rings. The van der Waals surface area contributed by atoms with E-state index in [0.717, 1.165) is 10.0 Å². The van der Waals surface area contributed by atoms with Gasteiger partial charge in [-0.3, -0.25) is 4.79 Å². The Bertz CT molecular complexity index is 1270. The van der Waals surface area contributed by atoms with E-state index in [0.29, 0.717) is 17.1 Å². The van der Waals surface area contributed by atoms with Gasteiger partial charge in [-0.1, -0.05) is 24.3 Å². The predicted octanol–water partition coefficient (Wildman–Crippen LogP) is 5.35. The molecule has 2 atom stereocenters. The van der Waals surface area contributed by atoms with Crippen molar-refractivity contribution < 1.29 is 28.6 Å². The monoisotopic (exact) mass is 569 g/mol. The first-order chi connectivity index (χ1) is 17.8. The maximum Gasteiger partial charge on any atom is 0.335 e. The first-order valence-electron chi connectivity index (χ1n) is 11.6. The average Bonchev–Trinajstić information content (AvgIpc) is 3.26. The van der Waals surface area contributed by atoms with Gasteiger partial charge in [-0.05, 0) is 70.0 Å². The normalized spacial score (nSPS) is 16.8. The molecule has 0 saturated carbocycles. The molecule has 0 aromatic heterocycles. The number of likely N-dealkylation sites (tertiary alicyclic amines) is 1. The Morgan fingerprint density at radius 3 is 2.38 bits per heavy atom. The van der Waals surface area contributed by atoms with Crippen LogP contribution in [0.3, 0.4) is 0 Å². The maximum absolute atomic E-state index is 14.2. The zero-order chi connectivity index (χ0) is 26.4. The fourth-order valence-electron chi connectivity index (χ4n) is 4.04. The number of ether oxygens (including phenoxy) is 1. The summed E-state index contributed by atoms with van der Waals surface area (Å²) < 4.78 is 20.6. The molecular weight excluding hydrogens is 545 g/mol. The number of benzene rings is 3. The number of alkyl halides is 1. The molecule has 0 radical (unpaired) electrons. The molecular formula is C27H25BrFN3O5. The van der Waals surface area contributed by atoms with E-state index >= 15 is 0 Å². The van der Waals surface area contributed by atoms with Crippen LogP contribution in [0.2, 0.25) is 0 Å². The maximum atomic E-state index is 14.2. The molecule has 0 bridgehead atoms. The Kier molecular flexibility index (Phi) is 8.39. The Morgan fingerprint density at radius 1 is 1.00 bits per heavy atom. The predicted molar refractivity (Wildman–Crippen MR) is 141 cm³/mol. The van der Waals surface area contributed by atoms with Crippen LogP contribution in [0.15, 0.2) is 77.3 Å². The quantitative estimate of drug-likeness (QED) is 0.339. The van der Waals surface area contributed by atoms with Crippen molar-refractivity contribution in [2.75, 3.05) is 23.8 Å². The molecule has 1 fully saturated rings. The van der Waals surface area contributed by atoms with Crippen molar-refractivity contribution in [3.63, 3.8) is 0 Å². The lowest BCUT2D eigenvalue weighted by atomic mass is 10.1. The van der Waals surface area contributed by atoms with E-state index in [1.54, 1.807) is 30.3 Å². The topological polar surface area (TPSA) is 108 Å². The van der Waals surface area contributed by atoms with E-state index in [1.807, 2.05) is 18.2 Å². The molecule has 192 valence electrons. The summed E-state index contributed by atoms with van der Waals surface area (Å²) in [7, 11) is 0. The summed E-state index contributed by atoms with van der Waals surface area (Å²) in [5, 5.41) is 14.5. The number of carbonyl (C=O) groups excluding carboxylic acids is 2. The molecule has 37 heavy (non-hydrogen) atoms. The molecule has 10 heteroatoms. The number of hydrogen-bond acceptors (Lipinski definition) is 4. The Labute approximate surface area is 221 Å². The summed E-state index contributed by atoms with van der Waals surface area (Å²) in [6.07, 6.45) is -0.879. The van der Waals surface area contributed by atoms with Gasteiger partial charge in [0, 0.05) is 16.6 Å². The van der Waals surface area contributed by atoms with Crippen LogP contribution in [-0.4, -0.2) is 53.3 Å². The molecule has 0 spiro atoms. The van der Waals surface area contributed by atoms with Crippen molar-refractivity contribution in [1.82, 2.24) is 4.90 Å². The highest BCUT2D eigenvalue weighted by Gasteiger charge is 2.35. The van der Waals surface area contributed by atoms with Crippen molar-refractivity contribution >= 4 is 45.2 Å². The van der Waals surface area contributed by atoms with Crippen LogP contribution in [0.5, 0.6) is 5.75 Å². The number of hydrogen-bond donors (Lipinski definition) is 3. The largest absolute Gasteiger partial charge is 0.491 e. The zero-order valence-corrected chi connectivity index (χ0v) is 21.3. The van der Waals surface area contributed by atoms with E-state index in [2.05, 4.69) is 26.6 Å². The summed E-state index contributed by atoms with van der Waals surface area (Å²) in [6.45, 7) is 0.105. The SMILES string of the molecule is O=C(Nc1ccc(CC(=O)N2CC(F)CC2COc2ccc(C(=O)O)cc2)cc1)Nc1ccccc1Br. The third-order valence-corrected chi connectivity index (χ3v) is 6.61. The van der Waals surface area contributed by atoms with Gasteiger partial charge in [-0.2, -0.15) is 0 Å². The molecule has 8 nitrogen and oxygen atoms in total. The van der Waals surface area contributed by atoms with Crippen molar-refractivity contribution in [1.29, 1.82) is 0 Å². The fraction of sp³-hybridized carbons (Fsp3) is 0.222. The number of nitrogens with one attached hydrogen (secondary N) is 2. The summed E-state index contributed by atoms with van der Waals surface area (Å²) >= 11 is 3.38. The van der Waals surface area contributed by atoms with Gasteiger partial charge in [-0.25, -0.2) is 14.0 Å². The van der Waals surface area contributed by atoms with Crippen molar-refractivity contribution in [3.8, 4) is 5.75 Å². The van der Waals surface area contributed by atoms with Crippen LogP contribution in [0, 0.1) is 0 Å². The lowest BCUT2D eigenvalue weighted by Gasteiger charge is -2.24. The van der Waals surface area contributed by atoms with Crippen LogP contribution in [0.4, 0.5) is 20.6 Å². The highest BCUT2D eigenvalue weighted by molar-refractivity contribution is 9.10. The number of amides is 3. The fourth-order valence-corrected chi connectivity index (χ4v) is 4.42. The van der Waals surface area contributed by atoms with E-state index in [-0.39, 0.29) is 37.5 Å². The summed E-state index contributed by atoms with van der Waals surface area (Å²) in [4.78, 5) is 37.7. The minimum Gasteiger partial charge on any atom is -0.491 e. The zero-order valence-electron chi connectivity index (χ0n) is 19.7. The van der Waals surface area contributed by atoms with Crippen molar-refractivity contribution in [3.05, 3.63) is 88.4 Å². The first kappa shape index (κ1) is 26.2. The van der Waals surface area contributed by atoms with Gasteiger partial charge >= 0.3 is 12.0 Å². The van der Waals surface area contributed by atoms with Crippen LogP contribution in [0.25, 0.3) is 0 Å². The Hall–Kier alpha value is -3.92. The first-order valence-corrected chi connectivity index (χ1v) is 12.4. The number of carboxylic acids is 1. The molecule has 4 rings (SSSR count). The number of carboxylic acid groups (broad SMARTS) is 1. The average molecular weight is 570 g/mol. The number of rotatable bonds is 8. The Balaban J connectivity index is 1.30. The second-order valence-electron chi connectivity index (χ2n) is 8.61. The van der Waals surface area contributed by atoms with Gasteiger partial charge in [0.05, 0.1) is 30.3 Å². The summed E-state index contributed by atoms with van der Waals surface area (Å²) in [5.74, 6) is -0.805. The molecule has 2 unspecified atom stereocenters. The number of aromatic carboxylic acids is 1. The second kappa shape index (κ2) is 11.9. The number of para-hydroxylation sites is 1. The van der Waals surface area contributed by atoms with Crippen LogP contribution in [0.1, 0.15) is 22.3 Å². The third kappa shape index (κ3) is 7.07. The molecule has 1 aliphatic heterocycles.